The third-order valence-electron chi connectivity index (χ3n) is 1.81. The molecule has 0 heterocycles. The van der Waals surface area contributed by atoms with Gasteiger partial charge < -0.3 is 4.74 Å². The second-order valence-electron chi connectivity index (χ2n) is 3.05. The van der Waals surface area contributed by atoms with Crippen LogP contribution in [0.25, 0.3) is 0 Å². The zero-order valence-electron chi connectivity index (χ0n) is 12.3. The van der Waals surface area contributed by atoms with Gasteiger partial charge in [0.1, 0.15) is 5.75 Å². The Hall–Kier alpha value is -1.30. The Labute approximate surface area is 127 Å². The molecule has 0 saturated heterocycles. The molecule has 0 fully saturated rings. The Balaban J connectivity index is 0. The Bertz CT molecular complexity index is 394. The van der Waals surface area contributed by atoms with Gasteiger partial charge in [-0.05, 0) is 24.3 Å². The summed E-state index contributed by atoms with van der Waals surface area (Å²) in [6.45, 7) is 8.00. The summed E-state index contributed by atoms with van der Waals surface area (Å²) in [4.78, 5) is 11.1. The van der Waals surface area contributed by atoms with E-state index in [2.05, 4.69) is 4.74 Å². The average molecular weight is 331 g/mol. The van der Waals surface area contributed by atoms with Gasteiger partial charge in [0.15, 0.2) is 5.78 Å². The van der Waals surface area contributed by atoms with Gasteiger partial charge in [-0.3, -0.25) is 4.79 Å². The van der Waals surface area contributed by atoms with Crippen LogP contribution in [0.5, 0.6) is 5.75 Å². The van der Waals surface area contributed by atoms with E-state index in [-0.39, 0.29) is 11.4 Å². The highest BCUT2D eigenvalue weighted by atomic mass is 35.5. The highest BCUT2D eigenvalue weighted by molar-refractivity contribution is 6.30. The summed E-state index contributed by atoms with van der Waals surface area (Å²) in [5.74, 6) is -1.12. The standard InChI is InChI=1S/C10H7ClF4O2.2C2H6/c11-5-8(16)6-1-3-7(4-2-6)17-10(14,15)9(12)13;2*1-2/h1-4,9H,5H2;2*1-2H3. The molecule has 0 radical (unpaired) electrons. The van der Waals surface area contributed by atoms with E-state index < -0.39 is 24.1 Å². The summed E-state index contributed by atoms with van der Waals surface area (Å²) in [5.41, 5.74) is 0.188. The molecular weight excluding hydrogens is 312 g/mol. The van der Waals surface area contributed by atoms with Crippen molar-refractivity contribution in [1.82, 2.24) is 0 Å². The first kappa shape index (κ1) is 22.0. The fourth-order valence-electron chi connectivity index (χ4n) is 0.988. The predicted molar refractivity (Wildman–Crippen MR) is 75.8 cm³/mol. The summed E-state index contributed by atoms with van der Waals surface area (Å²) in [6.07, 6.45) is -8.48. The number of carbonyl (C=O) groups excluding carboxylic acids is 1. The number of carbonyl (C=O) groups is 1. The summed E-state index contributed by atoms with van der Waals surface area (Å²) in [7, 11) is 0. The number of ether oxygens (including phenoxy) is 1. The highest BCUT2D eigenvalue weighted by Crippen LogP contribution is 2.27. The third kappa shape index (κ3) is 7.90. The zero-order valence-corrected chi connectivity index (χ0v) is 13.1. The molecule has 122 valence electrons. The number of ketones is 1. The molecule has 0 aliphatic carbocycles. The van der Waals surface area contributed by atoms with Crippen molar-refractivity contribution in [1.29, 1.82) is 0 Å². The minimum Gasteiger partial charge on any atom is -0.428 e. The molecule has 1 aromatic carbocycles. The van der Waals surface area contributed by atoms with Crippen LogP contribution in [0.3, 0.4) is 0 Å². The summed E-state index contributed by atoms with van der Waals surface area (Å²) >= 11 is 5.27. The van der Waals surface area contributed by atoms with Gasteiger partial charge in [0.25, 0.3) is 0 Å². The summed E-state index contributed by atoms with van der Waals surface area (Å²) < 4.78 is 52.4. The maximum absolute atomic E-state index is 12.5. The molecule has 0 aliphatic heterocycles. The van der Waals surface area contributed by atoms with Gasteiger partial charge in [0.2, 0.25) is 0 Å². The third-order valence-corrected chi connectivity index (χ3v) is 2.05. The van der Waals surface area contributed by atoms with Crippen LogP contribution in [-0.2, 0) is 0 Å². The second kappa shape index (κ2) is 11.4. The van der Waals surface area contributed by atoms with Crippen LogP contribution < -0.4 is 4.74 Å². The minimum absolute atomic E-state index is 0.188. The lowest BCUT2D eigenvalue weighted by molar-refractivity contribution is -0.253. The number of alkyl halides is 5. The van der Waals surface area contributed by atoms with Crippen molar-refractivity contribution in [2.24, 2.45) is 0 Å². The van der Waals surface area contributed by atoms with E-state index in [0.717, 1.165) is 12.1 Å². The quantitative estimate of drug-likeness (QED) is 0.410. The molecule has 1 rings (SSSR count). The Kier molecular flexibility index (Phi) is 11.9. The molecule has 2 nitrogen and oxygen atoms in total. The number of Topliss-reactive ketones (excluding diaryl/α,β-unsaturated/α-hetero) is 1. The van der Waals surface area contributed by atoms with Gasteiger partial charge in [0, 0.05) is 5.56 Å². The topological polar surface area (TPSA) is 26.3 Å². The fraction of sp³-hybridized carbons (Fsp3) is 0.500. The molecule has 7 heteroatoms. The van der Waals surface area contributed by atoms with E-state index >= 15 is 0 Å². The van der Waals surface area contributed by atoms with Gasteiger partial charge in [-0.1, -0.05) is 27.7 Å². The maximum atomic E-state index is 12.5. The largest absolute Gasteiger partial charge is 0.461 e. The maximum Gasteiger partial charge on any atom is 0.461 e. The molecule has 0 amide bonds. The van der Waals surface area contributed by atoms with E-state index in [0.29, 0.717) is 0 Å². The highest BCUT2D eigenvalue weighted by Gasteiger charge is 2.43. The molecule has 0 bridgehead atoms. The SMILES string of the molecule is CC.CC.O=C(CCl)c1ccc(OC(F)(F)C(F)F)cc1. The van der Waals surface area contributed by atoms with Crippen molar-refractivity contribution in [3.8, 4) is 5.75 Å². The van der Waals surface area contributed by atoms with Crippen molar-refractivity contribution >= 4 is 17.4 Å². The number of hydrogen-bond donors (Lipinski definition) is 0. The number of halogens is 5. The molecule has 0 aliphatic rings. The lowest BCUT2D eigenvalue weighted by atomic mass is 10.1. The minimum atomic E-state index is -4.56. The first-order chi connectivity index (χ1) is 9.86. The average Bonchev–Trinajstić information content (AvgIpc) is 2.50. The Morgan fingerprint density at radius 3 is 1.90 bits per heavy atom. The number of benzene rings is 1. The van der Waals surface area contributed by atoms with Crippen LogP contribution in [0.2, 0.25) is 0 Å². The van der Waals surface area contributed by atoms with Crippen LogP contribution in [0.4, 0.5) is 17.6 Å². The number of hydrogen-bond acceptors (Lipinski definition) is 2. The molecule has 21 heavy (non-hydrogen) atoms. The molecule has 0 aromatic heterocycles. The summed E-state index contributed by atoms with van der Waals surface area (Å²) in [6, 6.07) is 4.33. The van der Waals surface area contributed by atoms with E-state index in [1.165, 1.54) is 12.1 Å². The van der Waals surface area contributed by atoms with Crippen molar-refractivity contribution in [3.63, 3.8) is 0 Å². The van der Waals surface area contributed by atoms with Crippen LogP contribution in [0, 0.1) is 0 Å². The smallest absolute Gasteiger partial charge is 0.428 e. The first-order valence-electron chi connectivity index (χ1n) is 6.41. The lowest BCUT2D eigenvalue weighted by Crippen LogP contribution is -2.33. The predicted octanol–water partition coefficient (Wildman–Crippen LogP) is 5.40. The second-order valence-corrected chi connectivity index (χ2v) is 3.31. The van der Waals surface area contributed by atoms with Crippen molar-refractivity contribution < 1.29 is 27.1 Å². The van der Waals surface area contributed by atoms with E-state index in [9.17, 15) is 22.4 Å². The monoisotopic (exact) mass is 330 g/mol. The van der Waals surface area contributed by atoms with E-state index in [4.69, 9.17) is 11.6 Å². The lowest BCUT2D eigenvalue weighted by Gasteiger charge is -2.16. The van der Waals surface area contributed by atoms with Gasteiger partial charge in [-0.15, -0.1) is 11.6 Å². The normalized spacial score (nSPS) is 10.0. The molecule has 1 aromatic rings. The Morgan fingerprint density at radius 1 is 1.14 bits per heavy atom. The molecule has 0 spiro atoms. The van der Waals surface area contributed by atoms with Crippen LogP contribution in [0.1, 0.15) is 38.1 Å². The van der Waals surface area contributed by atoms with Gasteiger partial charge >= 0.3 is 12.5 Å². The van der Waals surface area contributed by atoms with Crippen molar-refractivity contribution in [3.05, 3.63) is 29.8 Å². The first-order valence-corrected chi connectivity index (χ1v) is 6.94. The van der Waals surface area contributed by atoms with Crippen LogP contribution >= 0.6 is 11.6 Å². The van der Waals surface area contributed by atoms with E-state index in [1.54, 1.807) is 0 Å². The molecular formula is C14H19ClF4O2. The molecule has 0 saturated carbocycles. The van der Waals surface area contributed by atoms with Crippen molar-refractivity contribution in [2.45, 2.75) is 40.2 Å². The van der Waals surface area contributed by atoms with Crippen molar-refractivity contribution in [2.75, 3.05) is 5.88 Å². The fourth-order valence-corrected chi connectivity index (χ4v) is 1.14. The van der Waals surface area contributed by atoms with Gasteiger partial charge in [0.05, 0.1) is 5.88 Å². The van der Waals surface area contributed by atoms with Crippen LogP contribution in [0.15, 0.2) is 24.3 Å². The molecule has 0 unspecified atom stereocenters. The van der Waals surface area contributed by atoms with E-state index in [1.807, 2.05) is 27.7 Å². The van der Waals surface area contributed by atoms with Crippen LogP contribution in [-0.4, -0.2) is 24.2 Å². The Morgan fingerprint density at radius 2 is 1.57 bits per heavy atom. The summed E-state index contributed by atoms with van der Waals surface area (Å²) in [5, 5.41) is 0. The van der Waals surface area contributed by atoms with Gasteiger partial charge in [-0.2, -0.15) is 17.6 Å². The van der Waals surface area contributed by atoms with Gasteiger partial charge in [-0.25, -0.2) is 0 Å². The molecule has 0 atom stereocenters. The number of rotatable bonds is 5. The molecule has 0 N–H and O–H groups in total. The zero-order chi connectivity index (χ0) is 17.1.